The van der Waals surface area contributed by atoms with Crippen molar-refractivity contribution in [3.63, 3.8) is 0 Å². The first-order valence-corrected chi connectivity index (χ1v) is 10.3. The van der Waals surface area contributed by atoms with Crippen molar-refractivity contribution in [2.75, 3.05) is 32.0 Å². The maximum Gasteiger partial charge on any atom is 0.243 e. The highest BCUT2D eigenvalue weighted by atomic mass is 16.1. The molecule has 0 bridgehead atoms. The number of likely N-dealkylation sites (tertiary alicyclic amines) is 1. The van der Waals surface area contributed by atoms with Crippen LogP contribution in [0.2, 0.25) is 0 Å². The molecule has 0 radical (unpaired) electrons. The summed E-state index contributed by atoms with van der Waals surface area (Å²) in [7, 11) is 1.75. The van der Waals surface area contributed by atoms with Crippen molar-refractivity contribution in [3.05, 3.63) is 29.8 Å². The molecule has 0 aromatic heterocycles. The van der Waals surface area contributed by atoms with Gasteiger partial charge in [-0.25, -0.2) is 0 Å². The van der Waals surface area contributed by atoms with Crippen molar-refractivity contribution in [1.82, 2.24) is 15.5 Å². The van der Waals surface area contributed by atoms with Crippen LogP contribution in [0, 0.1) is 0 Å². The van der Waals surface area contributed by atoms with Crippen LogP contribution >= 0.6 is 0 Å². The number of aliphatic imine (C=N–C) groups is 1. The van der Waals surface area contributed by atoms with Gasteiger partial charge in [-0.3, -0.25) is 14.7 Å². The molecule has 1 heterocycles. The molecular formula is C21H33N5O. The maximum absolute atomic E-state index is 12.2. The topological polar surface area (TPSA) is 68.8 Å². The second-order valence-corrected chi connectivity index (χ2v) is 7.59. The maximum atomic E-state index is 12.2. The van der Waals surface area contributed by atoms with Gasteiger partial charge in [0.2, 0.25) is 5.91 Å². The first-order chi connectivity index (χ1) is 13.2. The Kier molecular flexibility index (Phi) is 7.10. The summed E-state index contributed by atoms with van der Waals surface area (Å²) < 4.78 is 0. The van der Waals surface area contributed by atoms with Crippen molar-refractivity contribution in [3.8, 4) is 0 Å². The highest BCUT2D eigenvalue weighted by Gasteiger charge is 2.30. The molecule has 1 unspecified atom stereocenters. The van der Waals surface area contributed by atoms with E-state index < -0.39 is 0 Å². The van der Waals surface area contributed by atoms with Crippen molar-refractivity contribution in [2.45, 2.75) is 57.5 Å². The number of anilines is 1. The molecule has 148 valence electrons. The molecule has 3 N–H and O–H groups in total. The van der Waals surface area contributed by atoms with Crippen molar-refractivity contribution >= 4 is 17.6 Å². The second-order valence-electron chi connectivity index (χ2n) is 7.59. The zero-order valence-corrected chi connectivity index (χ0v) is 16.6. The summed E-state index contributed by atoms with van der Waals surface area (Å²) in [6, 6.07) is 9.15. The minimum atomic E-state index is -0.0646. The molecule has 6 heteroatoms. The van der Waals surface area contributed by atoms with Crippen molar-refractivity contribution < 1.29 is 4.79 Å². The predicted molar refractivity (Wildman–Crippen MR) is 111 cm³/mol. The van der Waals surface area contributed by atoms with E-state index in [2.05, 4.69) is 38.8 Å². The Morgan fingerprint density at radius 2 is 2.07 bits per heavy atom. The number of amides is 1. The van der Waals surface area contributed by atoms with Crippen LogP contribution in [0.25, 0.3) is 0 Å². The lowest BCUT2D eigenvalue weighted by molar-refractivity contribution is -0.115. The molecule has 1 aliphatic carbocycles. The number of rotatable bonds is 6. The summed E-state index contributed by atoms with van der Waals surface area (Å²) >= 11 is 0. The van der Waals surface area contributed by atoms with Gasteiger partial charge in [-0.1, -0.05) is 31.9 Å². The lowest BCUT2D eigenvalue weighted by Crippen LogP contribution is -2.47. The fourth-order valence-corrected chi connectivity index (χ4v) is 4.13. The van der Waals surface area contributed by atoms with E-state index in [-0.39, 0.29) is 12.5 Å². The molecule has 1 aromatic carbocycles. The molecule has 6 nitrogen and oxygen atoms in total. The molecule has 1 saturated heterocycles. The number of carbonyl (C=O) groups is 1. The second kappa shape index (κ2) is 9.74. The third-order valence-corrected chi connectivity index (χ3v) is 5.66. The fraction of sp³-hybridized carbons (Fsp3) is 0.619. The number of guanidine groups is 1. The highest BCUT2D eigenvalue weighted by Crippen LogP contribution is 2.26. The van der Waals surface area contributed by atoms with Gasteiger partial charge in [-0.15, -0.1) is 0 Å². The Labute approximate surface area is 162 Å². The van der Waals surface area contributed by atoms with Crippen LogP contribution in [-0.2, 0) is 11.2 Å². The summed E-state index contributed by atoms with van der Waals surface area (Å²) in [4.78, 5) is 19.1. The molecule has 27 heavy (non-hydrogen) atoms. The van der Waals surface area contributed by atoms with E-state index in [4.69, 9.17) is 0 Å². The van der Waals surface area contributed by atoms with Gasteiger partial charge in [0.1, 0.15) is 0 Å². The lowest BCUT2D eigenvalue weighted by atomic mass is 10.1. The van der Waals surface area contributed by atoms with Crippen LogP contribution in [0.3, 0.4) is 0 Å². The average molecular weight is 372 g/mol. The minimum Gasteiger partial charge on any atom is -0.352 e. The number of benzene rings is 1. The number of carbonyl (C=O) groups excluding carboxylic acids is 1. The number of nitrogens with zero attached hydrogens (tertiary/aromatic N) is 2. The van der Waals surface area contributed by atoms with E-state index in [1.165, 1.54) is 31.2 Å². The lowest BCUT2D eigenvalue weighted by Gasteiger charge is -2.24. The Balaban J connectivity index is 1.41. The average Bonchev–Trinajstić information content (AvgIpc) is 3.37. The molecule has 2 aliphatic rings. The van der Waals surface area contributed by atoms with Gasteiger partial charge in [0.05, 0.1) is 6.54 Å². The number of nitrogens with one attached hydrogen (secondary N) is 3. The van der Waals surface area contributed by atoms with Gasteiger partial charge in [0, 0.05) is 37.9 Å². The normalized spacial score (nSPS) is 21.4. The first kappa shape index (κ1) is 19.7. The number of aryl methyl sites for hydroxylation is 1. The third-order valence-electron chi connectivity index (χ3n) is 5.66. The predicted octanol–water partition coefficient (Wildman–Crippen LogP) is 2.37. The third kappa shape index (κ3) is 5.70. The van der Waals surface area contributed by atoms with Gasteiger partial charge in [-0.05, 0) is 43.4 Å². The van der Waals surface area contributed by atoms with Crippen LogP contribution in [0.4, 0.5) is 5.69 Å². The molecule has 1 aromatic rings. The molecule has 0 spiro atoms. The molecule has 1 saturated carbocycles. The van der Waals surface area contributed by atoms with E-state index in [1.54, 1.807) is 7.05 Å². The number of hydrogen-bond donors (Lipinski definition) is 3. The van der Waals surface area contributed by atoms with E-state index in [9.17, 15) is 4.79 Å². The van der Waals surface area contributed by atoms with Crippen LogP contribution in [0.5, 0.6) is 0 Å². The van der Waals surface area contributed by atoms with Gasteiger partial charge < -0.3 is 16.0 Å². The van der Waals surface area contributed by atoms with E-state index in [0.29, 0.717) is 12.0 Å². The molecular weight excluding hydrogens is 338 g/mol. The summed E-state index contributed by atoms with van der Waals surface area (Å²) in [5.74, 6) is 0.635. The summed E-state index contributed by atoms with van der Waals surface area (Å²) in [6.07, 6.45) is 7.53. The Morgan fingerprint density at radius 3 is 2.81 bits per heavy atom. The van der Waals surface area contributed by atoms with Crippen molar-refractivity contribution in [1.29, 1.82) is 0 Å². The summed E-state index contributed by atoms with van der Waals surface area (Å²) in [5, 5.41) is 9.55. The zero-order valence-electron chi connectivity index (χ0n) is 16.6. The number of hydrogen-bond acceptors (Lipinski definition) is 3. The van der Waals surface area contributed by atoms with Crippen LogP contribution in [0.1, 0.15) is 44.6 Å². The standard InChI is InChI=1S/C21H33N5O/c1-3-16-7-6-8-17(13-16)24-20(27)14-23-21(22-2)25-18-11-12-26(15-18)19-9-4-5-10-19/h6-8,13,18-19H,3-5,9-12,14-15H2,1-2H3,(H,24,27)(H2,22,23,25). The molecule has 1 atom stereocenters. The molecule has 1 aliphatic heterocycles. The van der Waals surface area contributed by atoms with E-state index in [1.807, 2.05) is 18.2 Å². The highest BCUT2D eigenvalue weighted by molar-refractivity contribution is 5.95. The Bertz CT molecular complexity index is 654. The Morgan fingerprint density at radius 1 is 1.26 bits per heavy atom. The van der Waals surface area contributed by atoms with E-state index in [0.717, 1.165) is 37.7 Å². The van der Waals surface area contributed by atoms with Crippen LogP contribution in [-0.4, -0.2) is 55.5 Å². The summed E-state index contributed by atoms with van der Waals surface area (Å²) in [6.45, 7) is 4.54. The van der Waals surface area contributed by atoms with Gasteiger partial charge in [-0.2, -0.15) is 0 Å². The van der Waals surface area contributed by atoms with Gasteiger partial charge in [0.15, 0.2) is 5.96 Å². The van der Waals surface area contributed by atoms with E-state index >= 15 is 0 Å². The van der Waals surface area contributed by atoms with Gasteiger partial charge in [0.25, 0.3) is 0 Å². The quantitative estimate of drug-likeness (QED) is 0.530. The smallest absolute Gasteiger partial charge is 0.243 e. The first-order valence-electron chi connectivity index (χ1n) is 10.3. The van der Waals surface area contributed by atoms with Crippen molar-refractivity contribution in [2.24, 2.45) is 4.99 Å². The summed E-state index contributed by atoms with van der Waals surface area (Å²) in [5.41, 5.74) is 2.05. The molecule has 3 rings (SSSR count). The zero-order chi connectivity index (χ0) is 19.1. The van der Waals surface area contributed by atoms with Crippen LogP contribution in [0.15, 0.2) is 29.3 Å². The largest absolute Gasteiger partial charge is 0.352 e. The van der Waals surface area contributed by atoms with Crippen LogP contribution < -0.4 is 16.0 Å². The molecule has 2 fully saturated rings. The molecule has 1 amide bonds. The monoisotopic (exact) mass is 371 g/mol. The van der Waals surface area contributed by atoms with Gasteiger partial charge >= 0.3 is 0 Å². The SMILES string of the molecule is CCc1cccc(NC(=O)CNC(=NC)NC2CCN(C3CCCC3)C2)c1. The Hall–Kier alpha value is -2.08. The minimum absolute atomic E-state index is 0.0646. The fourth-order valence-electron chi connectivity index (χ4n) is 4.13.